The molecule has 0 saturated carbocycles. The third-order valence-electron chi connectivity index (χ3n) is 5.41. The van der Waals surface area contributed by atoms with E-state index in [0.717, 1.165) is 23.1 Å². The second-order valence-corrected chi connectivity index (χ2v) is 7.18. The number of hydrogen-bond donors (Lipinski definition) is 1. The van der Waals surface area contributed by atoms with Gasteiger partial charge in [-0.25, -0.2) is 4.39 Å². The number of carbonyl (C=O) groups is 1. The molecule has 0 unspecified atom stereocenters. The predicted octanol–water partition coefficient (Wildman–Crippen LogP) is 4.48. The molecule has 142 valence electrons. The van der Waals surface area contributed by atoms with Crippen LogP contribution in [0.5, 0.6) is 0 Å². The van der Waals surface area contributed by atoms with Crippen molar-refractivity contribution in [2.45, 2.75) is 18.4 Å². The molecule has 2 atom stereocenters. The maximum Gasteiger partial charge on any atom is 0.254 e. The van der Waals surface area contributed by atoms with Gasteiger partial charge in [-0.15, -0.1) is 0 Å². The second-order valence-electron chi connectivity index (χ2n) is 7.18. The Morgan fingerprint density at radius 1 is 0.929 bits per heavy atom. The van der Waals surface area contributed by atoms with E-state index in [1.807, 2.05) is 48.5 Å². The molecule has 0 spiro atoms. The van der Waals surface area contributed by atoms with Crippen LogP contribution >= 0.6 is 0 Å². The molecular weight excluding hydrogens is 353 g/mol. The molecule has 3 aromatic rings. The van der Waals surface area contributed by atoms with E-state index in [0.29, 0.717) is 18.7 Å². The Balaban J connectivity index is 1.55. The smallest absolute Gasteiger partial charge is 0.254 e. The molecule has 1 fully saturated rings. The summed E-state index contributed by atoms with van der Waals surface area (Å²) in [6.07, 6.45) is 0.119. The van der Waals surface area contributed by atoms with Gasteiger partial charge in [0.2, 0.25) is 0 Å². The number of nitrogens with zero attached hydrogens (tertiary/aromatic N) is 1. The molecule has 0 radical (unpaired) electrons. The minimum atomic E-state index is -0.599. The van der Waals surface area contributed by atoms with Gasteiger partial charge in [-0.1, -0.05) is 60.7 Å². The number of aliphatic hydroxyl groups is 1. The lowest BCUT2D eigenvalue weighted by atomic mass is 9.86. The molecule has 0 bridgehead atoms. The third kappa shape index (κ3) is 3.69. The zero-order valence-corrected chi connectivity index (χ0v) is 15.5. The minimum Gasteiger partial charge on any atom is -0.391 e. The third-order valence-corrected chi connectivity index (χ3v) is 5.41. The quantitative estimate of drug-likeness (QED) is 0.733. The highest BCUT2D eigenvalue weighted by atomic mass is 19.1. The molecule has 0 aliphatic carbocycles. The molecule has 4 heteroatoms. The van der Waals surface area contributed by atoms with Gasteiger partial charge in [-0.05, 0) is 41.3 Å². The summed E-state index contributed by atoms with van der Waals surface area (Å²) in [5, 5.41) is 10.7. The monoisotopic (exact) mass is 375 g/mol. The summed E-state index contributed by atoms with van der Waals surface area (Å²) in [5.41, 5.74) is 3.24. The number of amides is 1. The van der Waals surface area contributed by atoms with Crippen LogP contribution in [0.3, 0.4) is 0 Å². The molecule has 1 heterocycles. The summed E-state index contributed by atoms with van der Waals surface area (Å²) in [6, 6.07) is 23.4. The first-order valence-electron chi connectivity index (χ1n) is 9.51. The molecule has 28 heavy (non-hydrogen) atoms. The summed E-state index contributed by atoms with van der Waals surface area (Å²) >= 11 is 0. The van der Waals surface area contributed by atoms with Crippen molar-refractivity contribution < 1.29 is 14.3 Å². The Hall–Kier alpha value is -2.98. The van der Waals surface area contributed by atoms with E-state index in [-0.39, 0.29) is 17.6 Å². The lowest BCUT2D eigenvalue weighted by Gasteiger charge is -2.36. The highest BCUT2D eigenvalue weighted by molar-refractivity contribution is 6.01. The van der Waals surface area contributed by atoms with Gasteiger partial charge >= 0.3 is 0 Å². The minimum absolute atomic E-state index is 0.0394. The number of β-amino-alcohol motifs (C(OH)–C–C–N with tert-alkyl or cyclic N) is 1. The lowest BCUT2D eigenvalue weighted by Crippen LogP contribution is -2.45. The fourth-order valence-corrected chi connectivity index (χ4v) is 3.93. The summed E-state index contributed by atoms with van der Waals surface area (Å²) in [4.78, 5) is 14.9. The molecule has 0 aromatic heterocycles. The number of halogens is 1. The average Bonchev–Trinajstić information content (AvgIpc) is 2.74. The largest absolute Gasteiger partial charge is 0.391 e. The van der Waals surface area contributed by atoms with Crippen molar-refractivity contribution in [3.63, 3.8) is 0 Å². The fraction of sp³-hybridized carbons (Fsp3) is 0.208. The van der Waals surface area contributed by atoms with Crippen molar-refractivity contribution in [2.75, 3.05) is 13.1 Å². The number of piperidine rings is 1. The SMILES string of the molecule is O=C(c1ccccc1-c1ccc(F)cc1)N1CC[C@H](c2ccccc2)[C@H](O)C1. The number of rotatable bonds is 3. The van der Waals surface area contributed by atoms with Gasteiger partial charge < -0.3 is 10.0 Å². The standard InChI is InChI=1S/C24H22FNO2/c25-19-12-10-18(11-13-19)20-8-4-5-9-22(20)24(28)26-15-14-21(23(27)16-26)17-6-2-1-3-7-17/h1-13,21,23,27H,14-16H2/t21-,23-/m1/s1. The van der Waals surface area contributed by atoms with Gasteiger partial charge in [-0.2, -0.15) is 0 Å². The molecule has 1 saturated heterocycles. The van der Waals surface area contributed by atoms with Crippen LogP contribution < -0.4 is 0 Å². The topological polar surface area (TPSA) is 40.5 Å². The van der Waals surface area contributed by atoms with Gasteiger partial charge in [0.25, 0.3) is 5.91 Å². The molecular formula is C24H22FNO2. The van der Waals surface area contributed by atoms with Gasteiger partial charge in [0.05, 0.1) is 6.10 Å². The zero-order chi connectivity index (χ0) is 19.5. The van der Waals surface area contributed by atoms with Crippen LogP contribution in [-0.4, -0.2) is 35.1 Å². The van der Waals surface area contributed by atoms with Crippen LogP contribution in [0.25, 0.3) is 11.1 Å². The van der Waals surface area contributed by atoms with E-state index in [1.54, 1.807) is 23.1 Å². The first-order valence-corrected chi connectivity index (χ1v) is 9.51. The van der Waals surface area contributed by atoms with Crippen molar-refractivity contribution in [1.29, 1.82) is 0 Å². The van der Waals surface area contributed by atoms with Crippen LogP contribution in [0.2, 0.25) is 0 Å². The molecule has 3 aromatic carbocycles. The van der Waals surface area contributed by atoms with Crippen LogP contribution in [0, 0.1) is 5.82 Å². The van der Waals surface area contributed by atoms with Gasteiger partial charge in [0.15, 0.2) is 0 Å². The highest BCUT2D eigenvalue weighted by Gasteiger charge is 2.32. The Bertz CT molecular complexity index is 956. The summed E-state index contributed by atoms with van der Waals surface area (Å²) < 4.78 is 13.3. The van der Waals surface area contributed by atoms with Crippen molar-refractivity contribution in [3.8, 4) is 11.1 Å². The Labute approximate surface area is 164 Å². The highest BCUT2D eigenvalue weighted by Crippen LogP contribution is 2.31. The van der Waals surface area contributed by atoms with Gasteiger partial charge in [0.1, 0.15) is 5.82 Å². The van der Waals surface area contributed by atoms with E-state index in [4.69, 9.17) is 0 Å². The molecule has 1 aliphatic rings. The predicted molar refractivity (Wildman–Crippen MR) is 108 cm³/mol. The van der Waals surface area contributed by atoms with Gasteiger partial charge in [-0.3, -0.25) is 4.79 Å². The van der Waals surface area contributed by atoms with Crippen molar-refractivity contribution >= 4 is 5.91 Å². The van der Waals surface area contributed by atoms with Crippen molar-refractivity contribution in [1.82, 2.24) is 4.90 Å². The zero-order valence-electron chi connectivity index (χ0n) is 15.5. The maximum absolute atomic E-state index is 13.3. The lowest BCUT2D eigenvalue weighted by molar-refractivity contribution is 0.0382. The Morgan fingerprint density at radius 3 is 2.32 bits per heavy atom. The Morgan fingerprint density at radius 2 is 1.61 bits per heavy atom. The molecule has 1 amide bonds. The number of aliphatic hydroxyl groups excluding tert-OH is 1. The maximum atomic E-state index is 13.3. The first kappa shape index (κ1) is 18.4. The number of benzene rings is 3. The molecule has 3 nitrogen and oxygen atoms in total. The van der Waals surface area contributed by atoms with E-state index in [1.165, 1.54) is 12.1 Å². The second kappa shape index (κ2) is 7.95. The fourth-order valence-electron chi connectivity index (χ4n) is 3.93. The normalized spacial score (nSPS) is 19.4. The number of hydrogen-bond acceptors (Lipinski definition) is 2. The number of carbonyl (C=O) groups excluding carboxylic acids is 1. The van der Waals surface area contributed by atoms with E-state index < -0.39 is 6.10 Å². The van der Waals surface area contributed by atoms with Gasteiger partial charge in [0, 0.05) is 24.6 Å². The summed E-state index contributed by atoms with van der Waals surface area (Å²) in [7, 11) is 0. The summed E-state index contributed by atoms with van der Waals surface area (Å²) in [5.74, 6) is -0.373. The molecule has 1 N–H and O–H groups in total. The van der Waals surface area contributed by atoms with Crippen LogP contribution in [0.15, 0.2) is 78.9 Å². The van der Waals surface area contributed by atoms with Crippen LogP contribution in [0.1, 0.15) is 28.3 Å². The summed E-state index contributed by atoms with van der Waals surface area (Å²) in [6.45, 7) is 0.892. The molecule has 4 rings (SSSR count). The van der Waals surface area contributed by atoms with Crippen molar-refractivity contribution in [3.05, 3.63) is 95.8 Å². The average molecular weight is 375 g/mol. The van der Waals surface area contributed by atoms with Crippen LogP contribution in [0.4, 0.5) is 4.39 Å². The molecule has 1 aliphatic heterocycles. The Kier molecular flexibility index (Phi) is 5.22. The number of likely N-dealkylation sites (tertiary alicyclic amines) is 1. The van der Waals surface area contributed by atoms with Crippen LogP contribution in [-0.2, 0) is 0 Å². The van der Waals surface area contributed by atoms with E-state index >= 15 is 0 Å². The van der Waals surface area contributed by atoms with E-state index in [9.17, 15) is 14.3 Å². The van der Waals surface area contributed by atoms with Crippen molar-refractivity contribution in [2.24, 2.45) is 0 Å². The first-order chi connectivity index (χ1) is 13.6. The van der Waals surface area contributed by atoms with E-state index in [2.05, 4.69) is 0 Å².